The molecule has 1 aliphatic carbocycles. The first kappa shape index (κ1) is 26.0. The Morgan fingerprint density at radius 2 is 2.08 bits per heavy atom. The normalized spacial score (nSPS) is 14.7. The molecule has 4 aromatic rings. The second kappa shape index (κ2) is 10.6. The van der Waals surface area contributed by atoms with Gasteiger partial charge in [0.2, 0.25) is 0 Å². The topological polar surface area (TPSA) is 106 Å². The summed E-state index contributed by atoms with van der Waals surface area (Å²) in [6.07, 6.45) is 7.47. The lowest BCUT2D eigenvalue weighted by Gasteiger charge is -2.24. The van der Waals surface area contributed by atoms with Gasteiger partial charge in [0, 0.05) is 32.6 Å². The summed E-state index contributed by atoms with van der Waals surface area (Å²) in [5.74, 6) is -0.0138. The number of aromatic nitrogens is 5. The molecule has 1 amide bonds. The van der Waals surface area contributed by atoms with Gasteiger partial charge in [-0.05, 0) is 48.6 Å². The lowest BCUT2D eigenvalue weighted by Crippen LogP contribution is -2.23. The van der Waals surface area contributed by atoms with Gasteiger partial charge in [-0.15, -0.1) is 0 Å². The molecule has 38 heavy (non-hydrogen) atoms. The van der Waals surface area contributed by atoms with E-state index in [9.17, 15) is 13.6 Å². The van der Waals surface area contributed by atoms with Crippen LogP contribution in [0.1, 0.15) is 52.0 Å². The van der Waals surface area contributed by atoms with Gasteiger partial charge in [0.25, 0.3) is 5.91 Å². The first-order valence-corrected chi connectivity index (χ1v) is 16.2. The molecule has 0 bridgehead atoms. The number of hydrogen-bond donors (Lipinski definition) is 2. The van der Waals surface area contributed by atoms with Gasteiger partial charge in [-0.1, -0.05) is 25.7 Å². The molecule has 9 nitrogen and oxygen atoms in total. The Morgan fingerprint density at radius 1 is 1.26 bits per heavy atom. The fourth-order valence-electron chi connectivity index (χ4n) is 4.23. The van der Waals surface area contributed by atoms with Crippen molar-refractivity contribution in [3.63, 3.8) is 0 Å². The first-order chi connectivity index (χ1) is 18.2. The minimum atomic E-state index is -2.99. The first-order valence-electron chi connectivity index (χ1n) is 12.5. The lowest BCUT2D eigenvalue weighted by molar-refractivity contribution is -0.0519. The van der Waals surface area contributed by atoms with Gasteiger partial charge >= 0.3 is 6.61 Å². The molecule has 0 spiro atoms. The maximum atomic E-state index is 13.4. The molecule has 12 heteroatoms. The summed E-state index contributed by atoms with van der Waals surface area (Å²) in [5.41, 5.74) is 2.99. The van der Waals surface area contributed by atoms with E-state index < -0.39 is 26.7 Å². The van der Waals surface area contributed by atoms with Gasteiger partial charge in [0.1, 0.15) is 17.4 Å². The average molecular weight is 541 g/mol. The molecule has 2 N–H and O–H groups in total. The number of nitrogens with one attached hydrogen (secondary N) is 2. The Kier molecular flexibility index (Phi) is 7.26. The van der Waals surface area contributed by atoms with Crippen molar-refractivity contribution in [2.75, 3.05) is 11.9 Å². The van der Waals surface area contributed by atoms with E-state index in [1.807, 2.05) is 12.1 Å². The number of carbonyl (C=O) groups is 1. The average Bonchev–Trinajstić information content (AvgIpc) is 3.46. The standard InChI is InChI=1S/C26H30F2N6O3Si/c1-38(2,3)12-11-36-23(18-13-17(16-5-6-16)7-8-21(18)37-26(27)28)22-20(15-30-33-22)32-25(35)19-14-31-34-10-4-9-29-24(19)34/h4,7-10,13-16,23,26H,5-6,11-12H2,1-3H3,(H,30,33)(H,32,35). The number of halogens is 2. The van der Waals surface area contributed by atoms with Crippen molar-refractivity contribution < 1.29 is 23.0 Å². The van der Waals surface area contributed by atoms with Crippen molar-refractivity contribution in [1.82, 2.24) is 24.8 Å². The highest BCUT2D eigenvalue weighted by Crippen LogP contribution is 2.44. The lowest BCUT2D eigenvalue weighted by atomic mass is 9.99. The molecule has 0 radical (unpaired) electrons. The van der Waals surface area contributed by atoms with Gasteiger partial charge in [0.15, 0.2) is 5.65 Å². The van der Waals surface area contributed by atoms with Crippen LogP contribution in [0.25, 0.3) is 5.65 Å². The van der Waals surface area contributed by atoms with E-state index >= 15 is 0 Å². The van der Waals surface area contributed by atoms with E-state index in [0.29, 0.717) is 35.1 Å². The minimum absolute atomic E-state index is 0.0288. The molecule has 1 unspecified atom stereocenters. The van der Waals surface area contributed by atoms with Crippen LogP contribution in [-0.2, 0) is 4.74 Å². The zero-order chi connectivity index (χ0) is 26.9. The highest BCUT2D eigenvalue weighted by Gasteiger charge is 2.30. The molecular weight excluding hydrogens is 510 g/mol. The van der Waals surface area contributed by atoms with Crippen LogP contribution in [0.3, 0.4) is 0 Å². The summed E-state index contributed by atoms with van der Waals surface area (Å²) < 4.78 is 39.5. The summed E-state index contributed by atoms with van der Waals surface area (Å²) >= 11 is 0. The summed E-state index contributed by atoms with van der Waals surface area (Å²) in [7, 11) is -1.46. The van der Waals surface area contributed by atoms with Crippen LogP contribution in [0, 0.1) is 0 Å². The molecule has 0 aliphatic heterocycles. The van der Waals surface area contributed by atoms with E-state index in [0.717, 1.165) is 24.4 Å². The van der Waals surface area contributed by atoms with Gasteiger partial charge in [-0.2, -0.15) is 19.0 Å². The molecule has 1 saturated carbocycles. The molecule has 1 fully saturated rings. The monoisotopic (exact) mass is 540 g/mol. The third-order valence-electron chi connectivity index (χ3n) is 6.42. The summed E-state index contributed by atoms with van der Waals surface area (Å²) in [6, 6.07) is 7.85. The molecular formula is C26H30F2N6O3Si. The number of ether oxygens (including phenoxy) is 2. The van der Waals surface area contributed by atoms with E-state index in [1.54, 1.807) is 24.5 Å². The van der Waals surface area contributed by atoms with Crippen molar-refractivity contribution in [3.05, 3.63) is 71.4 Å². The SMILES string of the molecule is C[Si](C)(C)CCOC(c1cc(C2CC2)ccc1OC(F)F)c1[nH]ncc1NC(=O)c1cnn2cccnc12. The second-order valence-corrected chi connectivity index (χ2v) is 16.2. The van der Waals surface area contributed by atoms with Crippen LogP contribution in [0.15, 0.2) is 49.1 Å². The zero-order valence-corrected chi connectivity index (χ0v) is 22.4. The molecule has 1 aromatic carbocycles. The van der Waals surface area contributed by atoms with E-state index in [-0.39, 0.29) is 11.3 Å². The molecule has 1 atom stereocenters. The fourth-order valence-corrected chi connectivity index (χ4v) is 4.96. The number of hydrogen-bond acceptors (Lipinski definition) is 6. The summed E-state index contributed by atoms with van der Waals surface area (Å²) in [5, 5.41) is 14.1. The van der Waals surface area contributed by atoms with Crippen LogP contribution < -0.4 is 10.1 Å². The van der Waals surface area contributed by atoms with Gasteiger partial charge < -0.3 is 14.8 Å². The summed E-state index contributed by atoms with van der Waals surface area (Å²) in [4.78, 5) is 17.4. The number of carbonyl (C=O) groups excluding carboxylic acids is 1. The van der Waals surface area contributed by atoms with Crippen molar-refractivity contribution in [1.29, 1.82) is 0 Å². The number of anilines is 1. The molecule has 200 valence electrons. The predicted octanol–water partition coefficient (Wildman–Crippen LogP) is 5.63. The Bertz CT molecular complexity index is 1430. The van der Waals surface area contributed by atoms with Crippen molar-refractivity contribution in [2.45, 2.75) is 57.2 Å². The number of rotatable bonds is 11. The smallest absolute Gasteiger partial charge is 0.387 e. The highest BCUT2D eigenvalue weighted by molar-refractivity contribution is 6.76. The van der Waals surface area contributed by atoms with E-state index in [4.69, 9.17) is 9.47 Å². The molecule has 1 aliphatic rings. The Balaban J connectivity index is 1.50. The van der Waals surface area contributed by atoms with Gasteiger partial charge in [-0.3, -0.25) is 9.89 Å². The van der Waals surface area contributed by atoms with Crippen molar-refractivity contribution in [2.24, 2.45) is 0 Å². The highest BCUT2D eigenvalue weighted by atomic mass is 28.3. The number of nitrogens with zero attached hydrogens (tertiary/aromatic N) is 4. The Hall–Kier alpha value is -3.64. The third kappa shape index (κ3) is 5.91. The molecule has 3 aromatic heterocycles. The maximum Gasteiger partial charge on any atom is 0.387 e. The minimum Gasteiger partial charge on any atom is -0.434 e. The number of benzene rings is 1. The molecule has 3 heterocycles. The number of fused-ring (bicyclic) bond motifs is 1. The predicted molar refractivity (Wildman–Crippen MR) is 141 cm³/mol. The Labute approximate surface area is 219 Å². The van der Waals surface area contributed by atoms with E-state index in [1.165, 1.54) is 16.9 Å². The number of H-pyrrole nitrogens is 1. The zero-order valence-electron chi connectivity index (χ0n) is 21.4. The number of aromatic amines is 1. The van der Waals surface area contributed by atoms with Crippen LogP contribution >= 0.6 is 0 Å². The Morgan fingerprint density at radius 3 is 2.82 bits per heavy atom. The van der Waals surface area contributed by atoms with Crippen molar-refractivity contribution in [3.8, 4) is 5.75 Å². The van der Waals surface area contributed by atoms with Crippen LogP contribution in [0.2, 0.25) is 25.7 Å². The maximum absolute atomic E-state index is 13.4. The summed E-state index contributed by atoms with van der Waals surface area (Å²) in [6.45, 7) is 4.11. The van der Waals surface area contributed by atoms with Crippen LogP contribution in [-0.4, -0.2) is 52.0 Å². The number of amides is 1. The fraction of sp³-hybridized carbons (Fsp3) is 0.385. The van der Waals surface area contributed by atoms with Gasteiger partial charge in [0.05, 0.1) is 23.8 Å². The van der Waals surface area contributed by atoms with Crippen LogP contribution in [0.4, 0.5) is 14.5 Å². The molecule has 0 saturated heterocycles. The van der Waals surface area contributed by atoms with Crippen LogP contribution in [0.5, 0.6) is 5.75 Å². The molecule has 5 rings (SSSR count). The van der Waals surface area contributed by atoms with E-state index in [2.05, 4.69) is 45.2 Å². The van der Waals surface area contributed by atoms with Gasteiger partial charge in [-0.25, -0.2) is 9.50 Å². The number of alkyl halides is 2. The van der Waals surface area contributed by atoms with Crippen molar-refractivity contribution >= 4 is 25.3 Å². The quantitative estimate of drug-likeness (QED) is 0.239. The largest absolute Gasteiger partial charge is 0.434 e. The second-order valence-electron chi connectivity index (χ2n) is 10.6. The third-order valence-corrected chi connectivity index (χ3v) is 8.12.